The van der Waals surface area contributed by atoms with Gasteiger partial charge in [-0.2, -0.15) is 0 Å². The second-order valence-electron chi connectivity index (χ2n) is 4.63. The van der Waals surface area contributed by atoms with Gasteiger partial charge < -0.3 is 4.84 Å². The van der Waals surface area contributed by atoms with E-state index in [0.29, 0.717) is 10.4 Å². The van der Waals surface area contributed by atoms with Crippen LogP contribution in [-0.2, 0) is 10.0 Å². The summed E-state index contributed by atoms with van der Waals surface area (Å²) in [7, 11) is -4.54. The van der Waals surface area contributed by atoms with Crippen LogP contribution in [0.5, 0.6) is 0 Å². The maximum absolute atomic E-state index is 13.7. The number of rotatable bonds is 7. The van der Waals surface area contributed by atoms with Crippen LogP contribution in [0.1, 0.15) is 6.92 Å². The highest BCUT2D eigenvalue weighted by Crippen LogP contribution is 2.14. The number of hydrogen-bond acceptors (Lipinski definition) is 7. The smallest absolute Gasteiger partial charge is 0.388 e. The molecule has 1 N–H and O–H groups in total. The van der Waals surface area contributed by atoms with Gasteiger partial charge in [0, 0.05) is 0 Å². The van der Waals surface area contributed by atoms with Crippen molar-refractivity contribution in [3.8, 4) is 0 Å². The van der Waals surface area contributed by atoms with Gasteiger partial charge in [-0.3, -0.25) is 0 Å². The number of hydrogen-bond donors (Lipinski definition) is 1. The van der Waals surface area contributed by atoms with Crippen LogP contribution in [0.25, 0.3) is 0 Å². The fraction of sp³-hybridized carbons (Fsp3) is 0.214. The maximum Gasteiger partial charge on any atom is 0.388 e. The number of thioether (sulfide) groups is 1. The summed E-state index contributed by atoms with van der Waals surface area (Å²) in [4.78, 5) is 28.9. The Hall–Kier alpha value is -2.60. The highest BCUT2D eigenvalue weighted by molar-refractivity contribution is 7.99. The summed E-state index contributed by atoms with van der Waals surface area (Å²) in [5.41, 5.74) is -1.01. The summed E-state index contributed by atoms with van der Waals surface area (Å²) < 4.78 is 40.7. The number of nitrogens with zero attached hydrogens (tertiary/aromatic N) is 3. The van der Waals surface area contributed by atoms with Crippen LogP contribution in [0.2, 0.25) is 0 Å². The van der Waals surface area contributed by atoms with Gasteiger partial charge in [0.15, 0.2) is 0 Å². The molecule has 0 aliphatic heterocycles. The summed E-state index contributed by atoms with van der Waals surface area (Å²) >= 11 is 1.10. The molecule has 9 nitrogen and oxygen atoms in total. The summed E-state index contributed by atoms with van der Waals surface area (Å²) in [6.45, 7) is 5.20. The van der Waals surface area contributed by atoms with E-state index in [1.165, 1.54) is 18.2 Å². The number of carbonyl (C=O) groups excluding carboxylic acids is 1. The molecule has 0 aliphatic rings. The zero-order chi connectivity index (χ0) is 19.3. The molecule has 0 aliphatic carbocycles. The van der Waals surface area contributed by atoms with Gasteiger partial charge in [0.25, 0.3) is 10.0 Å². The largest absolute Gasteiger partial charge is 0.403 e. The Labute approximate surface area is 152 Å². The van der Waals surface area contributed by atoms with E-state index in [1.807, 2.05) is 0 Å². The van der Waals surface area contributed by atoms with Crippen molar-refractivity contribution in [2.24, 2.45) is 0 Å². The molecular formula is C14H15FN4O5S2. The van der Waals surface area contributed by atoms with Gasteiger partial charge in [0.1, 0.15) is 17.3 Å². The Kier molecular flexibility index (Phi) is 6.21. The van der Waals surface area contributed by atoms with Crippen molar-refractivity contribution in [3.63, 3.8) is 0 Å². The number of amides is 1. The van der Waals surface area contributed by atoms with Gasteiger partial charge >= 0.3 is 11.7 Å². The van der Waals surface area contributed by atoms with Gasteiger partial charge in [-0.1, -0.05) is 43.5 Å². The first-order valence-electron chi connectivity index (χ1n) is 7.22. The van der Waals surface area contributed by atoms with Crippen LogP contribution in [0.3, 0.4) is 0 Å². The first kappa shape index (κ1) is 19.7. The van der Waals surface area contributed by atoms with E-state index >= 15 is 0 Å². The third-order valence-corrected chi connectivity index (χ3v) is 5.00. The minimum atomic E-state index is -4.54. The van der Waals surface area contributed by atoms with Gasteiger partial charge in [-0.25, -0.2) is 27.1 Å². The SMILES string of the molecule is C=CCOn1c(SCC)nn(C(=O)NS(=O)(=O)c2ccccc2F)c1=O. The van der Waals surface area contributed by atoms with Crippen molar-refractivity contribution in [2.45, 2.75) is 17.0 Å². The number of nitrogens with one attached hydrogen (secondary N) is 1. The number of benzene rings is 1. The first-order chi connectivity index (χ1) is 12.3. The minimum absolute atomic E-state index is 0.0297. The summed E-state index contributed by atoms with van der Waals surface area (Å²) in [5.74, 6) is -0.523. The standard InChI is InChI=1S/C14H15FN4O5S2/c1-3-9-24-19-13(25-4-2)16-18(14(19)21)12(20)17-26(22,23)11-8-6-5-7-10(11)15/h3,5-8H,1,4,9H2,2H3,(H,17,20). The van der Waals surface area contributed by atoms with Crippen molar-refractivity contribution in [3.05, 3.63) is 53.2 Å². The van der Waals surface area contributed by atoms with E-state index in [1.54, 1.807) is 11.6 Å². The lowest BCUT2D eigenvalue weighted by Crippen LogP contribution is -2.41. The van der Waals surface area contributed by atoms with Crippen LogP contribution in [-0.4, -0.2) is 41.3 Å². The molecule has 1 amide bonds. The lowest BCUT2D eigenvalue weighted by Gasteiger charge is -2.06. The molecular weight excluding hydrogens is 387 g/mol. The molecule has 1 aromatic carbocycles. The molecule has 0 unspecified atom stereocenters. The summed E-state index contributed by atoms with van der Waals surface area (Å²) in [6, 6.07) is 3.14. The molecule has 1 aromatic heterocycles. The van der Waals surface area contributed by atoms with Crippen molar-refractivity contribution in [2.75, 3.05) is 12.4 Å². The second-order valence-corrected chi connectivity index (χ2v) is 7.51. The monoisotopic (exact) mass is 402 g/mol. The Morgan fingerprint density at radius 2 is 2.15 bits per heavy atom. The molecule has 0 radical (unpaired) electrons. The van der Waals surface area contributed by atoms with Crippen molar-refractivity contribution < 1.29 is 22.4 Å². The molecule has 0 spiro atoms. The topological polar surface area (TPSA) is 112 Å². The quantitative estimate of drug-likeness (QED) is 0.540. The number of sulfonamides is 1. The lowest BCUT2D eigenvalue weighted by atomic mass is 10.4. The average Bonchev–Trinajstić information content (AvgIpc) is 2.89. The molecule has 0 bridgehead atoms. The van der Waals surface area contributed by atoms with Crippen LogP contribution in [0.15, 0.2) is 51.8 Å². The third-order valence-electron chi connectivity index (χ3n) is 2.85. The average molecular weight is 402 g/mol. The summed E-state index contributed by atoms with van der Waals surface area (Å²) in [5, 5.41) is 3.81. The molecule has 0 saturated carbocycles. The predicted octanol–water partition coefficient (Wildman–Crippen LogP) is 0.857. The first-order valence-corrected chi connectivity index (χ1v) is 9.69. The van der Waals surface area contributed by atoms with E-state index < -0.39 is 32.5 Å². The van der Waals surface area contributed by atoms with E-state index in [9.17, 15) is 22.4 Å². The Balaban J connectivity index is 2.36. The van der Waals surface area contributed by atoms with Gasteiger partial charge in [-0.05, 0) is 17.9 Å². The minimum Gasteiger partial charge on any atom is -0.403 e. The highest BCUT2D eigenvalue weighted by Gasteiger charge is 2.26. The zero-order valence-corrected chi connectivity index (χ0v) is 15.2. The molecule has 140 valence electrons. The highest BCUT2D eigenvalue weighted by atomic mass is 32.2. The number of halogens is 1. The van der Waals surface area contributed by atoms with E-state index in [4.69, 9.17) is 4.84 Å². The van der Waals surface area contributed by atoms with Crippen molar-refractivity contribution in [1.82, 2.24) is 19.2 Å². The van der Waals surface area contributed by atoms with Crippen molar-refractivity contribution in [1.29, 1.82) is 0 Å². The number of aromatic nitrogens is 3. The fourth-order valence-electron chi connectivity index (χ4n) is 1.80. The molecule has 26 heavy (non-hydrogen) atoms. The molecule has 0 atom stereocenters. The fourth-order valence-corrected chi connectivity index (χ4v) is 3.45. The molecule has 12 heteroatoms. The Bertz CT molecular complexity index is 983. The van der Waals surface area contributed by atoms with Gasteiger partial charge in [-0.15, -0.1) is 14.5 Å². The Morgan fingerprint density at radius 1 is 1.46 bits per heavy atom. The van der Waals surface area contributed by atoms with E-state index in [2.05, 4.69) is 11.7 Å². The summed E-state index contributed by atoms with van der Waals surface area (Å²) in [6.07, 6.45) is 1.38. The molecule has 1 heterocycles. The zero-order valence-electron chi connectivity index (χ0n) is 13.6. The van der Waals surface area contributed by atoms with Crippen molar-refractivity contribution >= 4 is 27.8 Å². The van der Waals surface area contributed by atoms with Gasteiger partial charge in [0.2, 0.25) is 5.16 Å². The molecule has 0 saturated heterocycles. The van der Waals surface area contributed by atoms with Crippen LogP contribution in [0.4, 0.5) is 9.18 Å². The van der Waals surface area contributed by atoms with Crippen LogP contribution in [0, 0.1) is 5.82 Å². The van der Waals surface area contributed by atoms with Crippen LogP contribution >= 0.6 is 11.8 Å². The van der Waals surface area contributed by atoms with E-state index in [0.717, 1.165) is 28.6 Å². The molecule has 0 fully saturated rings. The predicted molar refractivity (Wildman–Crippen MR) is 92.0 cm³/mol. The van der Waals surface area contributed by atoms with Gasteiger partial charge in [0.05, 0.1) is 0 Å². The third kappa shape index (κ3) is 4.14. The van der Waals surface area contributed by atoms with E-state index in [-0.39, 0.29) is 11.8 Å². The number of carbonyl (C=O) groups is 1. The molecule has 2 aromatic rings. The maximum atomic E-state index is 13.7. The molecule has 2 rings (SSSR count). The van der Waals surface area contributed by atoms with Crippen LogP contribution < -0.4 is 15.2 Å². The Morgan fingerprint density at radius 3 is 2.77 bits per heavy atom. The lowest BCUT2D eigenvalue weighted by molar-refractivity contribution is 0.105. The normalized spacial score (nSPS) is 11.2. The second kappa shape index (κ2) is 8.19.